The Labute approximate surface area is 51.6 Å². The van der Waals surface area contributed by atoms with E-state index in [-0.39, 0.29) is 0 Å². The van der Waals surface area contributed by atoms with Crippen molar-refractivity contribution in [3.05, 3.63) is 0 Å². The Kier molecular flexibility index (Phi) is 4.11. The summed E-state index contributed by atoms with van der Waals surface area (Å²) in [7, 11) is -3.36. The molecule has 0 aromatic carbocycles. The molecule has 0 saturated carbocycles. The fourth-order valence-corrected chi connectivity index (χ4v) is 0.643. The zero-order valence-corrected chi connectivity index (χ0v) is 5.84. The van der Waals surface area contributed by atoms with E-state index in [0.717, 1.165) is 0 Å². The minimum atomic E-state index is -3.36. The molecule has 0 nitrogen and oxygen atoms in total. The van der Waals surface area contributed by atoms with Gasteiger partial charge < -0.3 is 0 Å². The van der Waals surface area contributed by atoms with E-state index in [1.54, 1.807) is 0 Å². The van der Waals surface area contributed by atoms with Crippen molar-refractivity contribution >= 4 is 7.26 Å². The van der Waals surface area contributed by atoms with Gasteiger partial charge in [0.1, 0.15) is 0 Å². The molecule has 0 atom stereocenters. The van der Waals surface area contributed by atoms with Gasteiger partial charge in [0, 0.05) is 0 Å². The molecule has 0 aromatic rings. The van der Waals surface area contributed by atoms with Crippen LogP contribution in [-0.2, 0) is 0 Å². The van der Waals surface area contributed by atoms with Crippen molar-refractivity contribution in [1.82, 2.24) is 0 Å². The van der Waals surface area contributed by atoms with E-state index >= 15 is 0 Å². The Balaban J connectivity index is 3.82. The van der Waals surface area contributed by atoms with Gasteiger partial charge in [-0.2, -0.15) is 0 Å². The summed E-state index contributed by atoms with van der Waals surface area (Å²) in [6.07, 6.45) is -4.57. The van der Waals surface area contributed by atoms with Gasteiger partial charge in [-0.05, 0) is 0 Å². The van der Waals surface area contributed by atoms with E-state index in [2.05, 4.69) is 0 Å². The second-order valence-electron chi connectivity index (χ2n) is 2.03. The van der Waals surface area contributed by atoms with Crippen LogP contribution in [0.5, 0.6) is 0 Å². The molecule has 5 heteroatoms. The Bertz CT molecular complexity index is 55.5. The van der Waals surface area contributed by atoms with Crippen LogP contribution in [0.25, 0.3) is 0 Å². The summed E-state index contributed by atoms with van der Waals surface area (Å²) in [5.74, 6) is 0. The quantitative estimate of drug-likeness (QED) is 0.442. The minimum absolute atomic E-state index is 1.14. The monoisotopic (exact) mass is 164 g/mol. The van der Waals surface area contributed by atoms with E-state index in [1.807, 2.05) is 0 Å². The molecular formula is C4H9F4P. The SMILES string of the molecule is FC[PH](CF)(CF)CF. The van der Waals surface area contributed by atoms with Crippen molar-refractivity contribution < 1.29 is 17.6 Å². The van der Waals surface area contributed by atoms with Gasteiger partial charge in [0.15, 0.2) is 0 Å². The molecule has 0 spiro atoms. The molecule has 0 aliphatic heterocycles. The third-order valence-corrected chi connectivity index (χ3v) is 3.40. The van der Waals surface area contributed by atoms with Gasteiger partial charge in [0.25, 0.3) is 0 Å². The van der Waals surface area contributed by atoms with Crippen molar-refractivity contribution in [2.75, 3.05) is 25.7 Å². The Morgan fingerprint density at radius 2 is 0.889 bits per heavy atom. The number of hydrogen-bond donors (Lipinski definition) is 0. The normalized spacial score (nSPS) is 13.8. The average molecular weight is 164 g/mol. The molecule has 0 aromatic heterocycles. The van der Waals surface area contributed by atoms with Crippen molar-refractivity contribution in [3.8, 4) is 0 Å². The van der Waals surface area contributed by atoms with Crippen LogP contribution in [0.4, 0.5) is 17.6 Å². The molecule has 0 rings (SSSR count). The van der Waals surface area contributed by atoms with Crippen LogP contribution in [0, 0.1) is 0 Å². The third kappa shape index (κ3) is 2.09. The van der Waals surface area contributed by atoms with Gasteiger partial charge in [-0.1, -0.05) is 0 Å². The van der Waals surface area contributed by atoms with Crippen molar-refractivity contribution in [3.63, 3.8) is 0 Å². The molecule has 58 valence electrons. The Morgan fingerprint density at radius 3 is 0.889 bits per heavy atom. The summed E-state index contributed by atoms with van der Waals surface area (Å²) in [4.78, 5) is 0. The van der Waals surface area contributed by atoms with Crippen LogP contribution in [0.2, 0.25) is 0 Å². The molecule has 0 fully saturated rings. The van der Waals surface area contributed by atoms with E-state index in [4.69, 9.17) is 0 Å². The summed E-state index contributed by atoms with van der Waals surface area (Å²) in [6, 6.07) is 0. The predicted molar refractivity (Wildman–Crippen MR) is 32.2 cm³/mol. The first-order valence-electron chi connectivity index (χ1n) is 2.48. The number of halogens is 4. The summed E-state index contributed by atoms with van der Waals surface area (Å²) >= 11 is 0. The molecular weight excluding hydrogens is 155 g/mol. The van der Waals surface area contributed by atoms with Crippen molar-refractivity contribution in [2.24, 2.45) is 0 Å². The molecule has 0 unspecified atom stereocenters. The van der Waals surface area contributed by atoms with Gasteiger partial charge in [-0.3, -0.25) is 0 Å². The third-order valence-electron chi connectivity index (χ3n) is 1.13. The molecule has 0 saturated heterocycles. The van der Waals surface area contributed by atoms with Gasteiger partial charge in [-0.25, -0.2) is 0 Å². The summed E-state index contributed by atoms with van der Waals surface area (Å²) in [5.41, 5.74) is 0. The van der Waals surface area contributed by atoms with E-state index in [9.17, 15) is 17.6 Å². The second-order valence-corrected chi connectivity index (χ2v) is 6.10. The maximum atomic E-state index is 11.7. The molecule has 0 amide bonds. The number of rotatable bonds is 4. The van der Waals surface area contributed by atoms with E-state index in [1.165, 1.54) is 0 Å². The fraction of sp³-hybridized carbons (Fsp3) is 1.00. The maximum absolute atomic E-state index is 11.7. The molecule has 0 N–H and O–H groups in total. The van der Waals surface area contributed by atoms with Crippen LogP contribution in [0.15, 0.2) is 0 Å². The zero-order chi connectivity index (χ0) is 7.33. The molecule has 0 aliphatic rings. The van der Waals surface area contributed by atoms with Crippen LogP contribution < -0.4 is 0 Å². The molecule has 0 radical (unpaired) electrons. The molecule has 0 aliphatic carbocycles. The molecule has 0 bridgehead atoms. The van der Waals surface area contributed by atoms with Crippen LogP contribution in [0.3, 0.4) is 0 Å². The summed E-state index contributed by atoms with van der Waals surface area (Å²) in [5, 5.41) is 0. The van der Waals surface area contributed by atoms with Gasteiger partial charge in [0.05, 0.1) is 0 Å². The topological polar surface area (TPSA) is 0 Å². The van der Waals surface area contributed by atoms with Gasteiger partial charge in [0.2, 0.25) is 0 Å². The van der Waals surface area contributed by atoms with E-state index in [0.29, 0.717) is 0 Å². The van der Waals surface area contributed by atoms with Gasteiger partial charge >= 0.3 is 50.5 Å². The molecule has 9 heavy (non-hydrogen) atoms. The fourth-order valence-electron chi connectivity index (χ4n) is 0.214. The van der Waals surface area contributed by atoms with Crippen LogP contribution in [-0.4, -0.2) is 25.7 Å². The Hall–Kier alpha value is 0.150. The number of alkyl halides is 4. The predicted octanol–water partition coefficient (Wildman–Crippen LogP) is 2.44. The van der Waals surface area contributed by atoms with Gasteiger partial charge in [-0.15, -0.1) is 0 Å². The summed E-state index contributed by atoms with van der Waals surface area (Å²) in [6.45, 7) is 0. The number of hydrogen-bond acceptors (Lipinski definition) is 0. The van der Waals surface area contributed by atoms with E-state index < -0.39 is 32.9 Å². The summed E-state index contributed by atoms with van der Waals surface area (Å²) < 4.78 is 46.6. The zero-order valence-electron chi connectivity index (χ0n) is 4.84. The van der Waals surface area contributed by atoms with Crippen LogP contribution >= 0.6 is 7.26 Å². The first-order valence-corrected chi connectivity index (χ1v) is 5.31. The van der Waals surface area contributed by atoms with Crippen LogP contribution in [0.1, 0.15) is 0 Å². The first kappa shape index (κ1) is 9.15. The standard InChI is InChI=1S/C4H9F4P/c5-1-9(2-6,3-7)4-8/h9H,1-4H2. The first-order chi connectivity index (χ1) is 4.24. The average Bonchev–Trinajstić information content (AvgIpc) is 1.95. The molecule has 0 heterocycles. The second kappa shape index (κ2) is 4.04. The Morgan fingerprint density at radius 1 is 0.667 bits per heavy atom. The van der Waals surface area contributed by atoms with Crippen molar-refractivity contribution in [2.45, 2.75) is 0 Å². The van der Waals surface area contributed by atoms with Crippen molar-refractivity contribution in [1.29, 1.82) is 0 Å².